The summed E-state index contributed by atoms with van der Waals surface area (Å²) in [5.41, 5.74) is 0.509. The van der Waals surface area contributed by atoms with E-state index in [9.17, 15) is 4.39 Å². The first-order valence-corrected chi connectivity index (χ1v) is 7.10. The van der Waals surface area contributed by atoms with Gasteiger partial charge in [-0.2, -0.15) is 0 Å². The van der Waals surface area contributed by atoms with Crippen LogP contribution < -0.4 is 5.32 Å². The molecule has 19 heavy (non-hydrogen) atoms. The predicted molar refractivity (Wildman–Crippen MR) is 80.2 cm³/mol. The summed E-state index contributed by atoms with van der Waals surface area (Å²) in [5, 5.41) is 3.84. The number of hydrogen-bond acceptors (Lipinski definition) is 2. The Bertz CT molecular complexity index is 423. The average molecular weight is 287 g/mol. The van der Waals surface area contributed by atoms with Gasteiger partial charge in [0.1, 0.15) is 5.82 Å². The highest BCUT2D eigenvalue weighted by molar-refractivity contribution is 6.30. The van der Waals surface area contributed by atoms with Crippen molar-refractivity contribution in [2.45, 2.75) is 38.8 Å². The van der Waals surface area contributed by atoms with Crippen LogP contribution in [0.4, 0.5) is 4.39 Å². The second-order valence-corrected chi connectivity index (χ2v) is 5.70. The zero-order valence-electron chi connectivity index (χ0n) is 12.4. The van der Waals surface area contributed by atoms with E-state index in [1.54, 1.807) is 12.1 Å². The van der Waals surface area contributed by atoms with Crippen molar-refractivity contribution in [2.75, 3.05) is 20.6 Å². The standard InChI is InChI=1S/C15H24ClFN2/c1-6-15(3,19(4)5)14(18-7-2)12-9-8-11(16)10-13(12)17/h8-10,14,18H,6-7H2,1-5H3. The number of halogens is 2. The Morgan fingerprint density at radius 1 is 1.37 bits per heavy atom. The van der Waals surface area contributed by atoms with E-state index in [0.717, 1.165) is 13.0 Å². The summed E-state index contributed by atoms with van der Waals surface area (Å²) in [5.74, 6) is -0.250. The second-order valence-electron chi connectivity index (χ2n) is 5.26. The van der Waals surface area contributed by atoms with Crippen LogP contribution in [-0.4, -0.2) is 31.1 Å². The molecule has 1 aromatic carbocycles. The highest BCUT2D eigenvalue weighted by atomic mass is 35.5. The lowest BCUT2D eigenvalue weighted by Gasteiger charge is -2.43. The molecule has 2 nitrogen and oxygen atoms in total. The number of nitrogens with zero attached hydrogens (tertiary/aromatic N) is 1. The first-order valence-electron chi connectivity index (χ1n) is 6.72. The summed E-state index contributed by atoms with van der Waals surface area (Å²) < 4.78 is 14.2. The predicted octanol–water partition coefficient (Wildman–Crippen LogP) is 3.86. The van der Waals surface area contributed by atoms with E-state index in [1.165, 1.54) is 6.07 Å². The third-order valence-electron chi connectivity index (χ3n) is 4.04. The fourth-order valence-electron chi connectivity index (χ4n) is 2.38. The fourth-order valence-corrected chi connectivity index (χ4v) is 2.54. The van der Waals surface area contributed by atoms with E-state index in [0.29, 0.717) is 10.6 Å². The molecule has 0 bridgehead atoms. The summed E-state index contributed by atoms with van der Waals surface area (Å²) in [7, 11) is 4.06. The van der Waals surface area contributed by atoms with Crippen LogP contribution >= 0.6 is 11.6 Å². The van der Waals surface area contributed by atoms with Gasteiger partial charge in [0.25, 0.3) is 0 Å². The average Bonchev–Trinajstić information content (AvgIpc) is 2.35. The van der Waals surface area contributed by atoms with E-state index in [2.05, 4.69) is 24.1 Å². The van der Waals surface area contributed by atoms with Crippen molar-refractivity contribution in [1.82, 2.24) is 10.2 Å². The van der Waals surface area contributed by atoms with E-state index >= 15 is 0 Å². The monoisotopic (exact) mass is 286 g/mol. The molecule has 0 aliphatic rings. The summed E-state index contributed by atoms with van der Waals surface area (Å²) in [6, 6.07) is 4.83. The van der Waals surface area contributed by atoms with Crippen molar-refractivity contribution in [3.05, 3.63) is 34.6 Å². The number of hydrogen-bond donors (Lipinski definition) is 1. The van der Waals surface area contributed by atoms with Gasteiger partial charge in [0, 0.05) is 16.1 Å². The maximum Gasteiger partial charge on any atom is 0.129 e. The van der Waals surface area contributed by atoms with Gasteiger partial charge in [-0.25, -0.2) is 4.39 Å². The highest BCUT2D eigenvalue weighted by Crippen LogP contribution is 2.34. The molecule has 0 amide bonds. The lowest BCUT2D eigenvalue weighted by atomic mass is 9.83. The molecule has 2 atom stereocenters. The van der Waals surface area contributed by atoms with Crippen molar-refractivity contribution in [1.29, 1.82) is 0 Å². The van der Waals surface area contributed by atoms with Gasteiger partial charge in [0.2, 0.25) is 0 Å². The van der Waals surface area contributed by atoms with Gasteiger partial charge in [-0.1, -0.05) is 31.5 Å². The van der Waals surface area contributed by atoms with Gasteiger partial charge in [0.15, 0.2) is 0 Å². The van der Waals surface area contributed by atoms with Crippen LogP contribution in [-0.2, 0) is 0 Å². The molecule has 0 fully saturated rings. The number of nitrogens with one attached hydrogen (secondary N) is 1. The summed E-state index contributed by atoms with van der Waals surface area (Å²) >= 11 is 5.84. The Morgan fingerprint density at radius 3 is 2.42 bits per heavy atom. The minimum Gasteiger partial charge on any atom is -0.309 e. The SMILES string of the molecule is CCNC(c1ccc(Cl)cc1F)C(C)(CC)N(C)C. The Kier molecular flexibility index (Phi) is 5.78. The Balaban J connectivity index is 3.26. The molecule has 0 saturated carbocycles. The first kappa shape index (κ1) is 16.4. The summed E-state index contributed by atoms with van der Waals surface area (Å²) in [6.45, 7) is 7.09. The summed E-state index contributed by atoms with van der Waals surface area (Å²) in [6.07, 6.45) is 0.916. The zero-order valence-corrected chi connectivity index (χ0v) is 13.2. The van der Waals surface area contributed by atoms with Gasteiger partial charge in [-0.05, 0) is 46.1 Å². The Labute approximate surface area is 120 Å². The lowest BCUT2D eigenvalue weighted by Crippen LogP contribution is -2.51. The first-order chi connectivity index (χ1) is 8.86. The molecule has 1 rings (SSSR count). The van der Waals surface area contributed by atoms with Crippen LogP contribution in [0.1, 0.15) is 38.8 Å². The van der Waals surface area contributed by atoms with Crippen molar-refractivity contribution in [3.63, 3.8) is 0 Å². The molecule has 0 radical (unpaired) electrons. The van der Waals surface area contributed by atoms with Gasteiger partial charge in [0.05, 0.1) is 6.04 Å². The molecule has 4 heteroatoms. The van der Waals surface area contributed by atoms with E-state index < -0.39 is 0 Å². The molecule has 0 heterocycles. The normalized spacial score (nSPS) is 16.4. The van der Waals surface area contributed by atoms with Gasteiger partial charge in [-0.15, -0.1) is 0 Å². The van der Waals surface area contributed by atoms with Gasteiger partial charge < -0.3 is 10.2 Å². The highest BCUT2D eigenvalue weighted by Gasteiger charge is 2.36. The molecule has 0 saturated heterocycles. The van der Waals surface area contributed by atoms with Gasteiger partial charge in [-0.3, -0.25) is 0 Å². The molecular formula is C15H24ClFN2. The largest absolute Gasteiger partial charge is 0.309 e. The van der Waals surface area contributed by atoms with Gasteiger partial charge >= 0.3 is 0 Å². The molecule has 0 aliphatic carbocycles. The molecule has 0 spiro atoms. The van der Waals surface area contributed by atoms with Crippen molar-refractivity contribution in [2.24, 2.45) is 0 Å². The Morgan fingerprint density at radius 2 is 2.00 bits per heavy atom. The van der Waals surface area contributed by atoms with E-state index in [-0.39, 0.29) is 17.4 Å². The van der Waals surface area contributed by atoms with Crippen LogP contribution in [0.15, 0.2) is 18.2 Å². The molecular weight excluding hydrogens is 263 g/mol. The fraction of sp³-hybridized carbons (Fsp3) is 0.600. The molecule has 1 N–H and O–H groups in total. The maximum absolute atomic E-state index is 14.2. The third kappa shape index (κ3) is 3.47. The van der Waals surface area contributed by atoms with E-state index in [4.69, 9.17) is 11.6 Å². The number of benzene rings is 1. The maximum atomic E-state index is 14.2. The number of likely N-dealkylation sites (N-methyl/N-ethyl adjacent to an activating group) is 2. The second kappa shape index (κ2) is 6.69. The van der Waals surface area contributed by atoms with Crippen molar-refractivity contribution in [3.8, 4) is 0 Å². The summed E-state index contributed by atoms with van der Waals surface area (Å²) in [4.78, 5) is 2.15. The number of rotatable bonds is 6. The topological polar surface area (TPSA) is 15.3 Å². The van der Waals surface area contributed by atoms with Crippen LogP contribution in [0.25, 0.3) is 0 Å². The van der Waals surface area contributed by atoms with Crippen LogP contribution in [0.2, 0.25) is 5.02 Å². The molecule has 108 valence electrons. The molecule has 0 aliphatic heterocycles. The smallest absolute Gasteiger partial charge is 0.129 e. The third-order valence-corrected chi connectivity index (χ3v) is 4.28. The van der Waals surface area contributed by atoms with Crippen LogP contribution in [0.5, 0.6) is 0 Å². The minimum atomic E-state index is -0.250. The Hall–Kier alpha value is -0.640. The zero-order chi connectivity index (χ0) is 14.6. The lowest BCUT2D eigenvalue weighted by molar-refractivity contribution is 0.112. The van der Waals surface area contributed by atoms with Crippen LogP contribution in [0.3, 0.4) is 0 Å². The molecule has 0 aromatic heterocycles. The molecule has 2 unspecified atom stereocenters. The van der Waals surface area contributed by atoms with Crippen molar-refractivity contribution >= 4 is 11.6 Å². The van der Waals surface area contributed by atoms with Crippen LogP contribution in [0, 0.1) is 5.82 Å². The minimum absolute atomic E-state index is 0.0743. The van der Waals surface area contributed by atoms with Crippen molar-refractivity contribution < 1.29 is 4.39 Å². The molecule has 1 aromatic rings. The quantitative estimate of drug-likeness (QED) is 0.854. The van der Waals surface area contributed by atoms with E-state index in [1.807, 2.05) is 21.0 Å².